The Hall–Kier alpha value is -2.38. The van der Waals surface area contributed by atoms with E-state index in [1.807, 2.05) is 31.2 Å². The predicted octanol–water partition coefficient (Wildman–Crippen LogP) is 2.43. The van der Waals surface area contributed by atoms with Crippen molar-refractivity contribution in [2.75, 3.05) is 17.7 Å². The number of pyridine rings is 1. The van der Waals surface area contributed by atoms with Crippen LogP contribution in [0.5, 0.6) is 0 Å². The number of amidine groups is 1. The molecule has 0 saturated carbocycles. The molecule has 0 fully saturated rings. The van der Waals surface area contributed by atoms with Crippen molar-refractivity contribution in [3.05, 3.63) is 58.9 Å². The van der Waals surface area contributed by atoms with Crippen LogP contribution in [0, 0.1) is 6.92 Å². The number of ether oxygens (including phenoxy) is 1. The predicted molar refractivity (Wildman–Crippen MR) is 98.8 cm³/mol. The lowest BCUT2D eigenvalue weighted by atomic mass is 9.87. The van der Waals surface area contributed by atoms with Gasteiger partial charge in [0.1, 0.15) is 11.2 Å². The second kappa shape index (κ2) is 6.16. The molecule has 1 aromatic heterocycles. The number of hydrogen-bond acceptors (Lipinski definition) is 6. The number of aliphatic imine (C=N–C) groups is 1. The van der Waals surface area contributed by atoms with Crippen molar-refractivity contribution in [3.8, 4) is 0 Å². The molecule has 25 heavy (non-hydrogen) atoms. The summed E-state index contributed by atoms with van der Waals surface area (Å²) in [6.45, 7) is 2.99. The molecular formula is C18H18N4O2S. The number of fused-ring (bicyclic) bond motifs is 2. The number of amides is 1. The molecule has 0 saturated heterocycles. The van der Waals surface area contributed by atoms with Crippen molar-refractivity contribution in [2.24, 2.45) is 10.7 Å². The molecule has 0 radical (unpaired) electrons. The molecule has 1 atom stereocenters. The van der Waals surface area contributed by atoms with Crippen molar-refractivity contribution in [3.63, 3.8) is 0 Å². The number of nitrogens with zero attached hydrogens (tertiary/aromatic N) is 2. The summed E-state index contributed by atoms with van der Waals surface area (Å²) in [6, 6.07) is 9.42. The van der Waals surface area contributed by atoms with Crippen LogP contribution in [0.15, 0.2) is 41.5 Å². The highest BCUT2D eigenvalue weighted by Crippen LogP contribution is 2.41. The molecule has 1 spiro atoms. The molecule has 0 aliphatic carbocycles. The van der Waals surface area contributed by atoms with Gasteiger partial charge in [-0.2, -0.15) is 0 Å². The maximum absolute atomic E-state index is 12.4. The Morgan fingerprint density at radius 3 is 2.96 bits per heavy atom. The van der Waals surface area contributed by atoms with E-state index in [-0.39, 0.29) is 5.91 Å². The summed E-state index contributed by atoms with van der Waals surface area (Å²) in [5.41, 5.74) is 9.71. The lowest BCUT2D eigenvalue weighted by Crippen LogP contribution is -2.35. The average molecular weight is 354 g/mol. The molecule has 2 aliphatic heterocycles. The van der Waals surface area contributed by atoms with Gasteiger partial charge < -0.3 is 15.8 Å². The summed E-state index contributed by atoms with van der Waals surface area (Å²) in [6.07, 6.45) is 1.68. The van der Waals surface area contributed by atoms with Crippen LogP contribution in [0.3, 0.4) is 0 Å². The van der Waals surface area contributed by atoms with E-state index in [0.29, 0.717) is 24.1 Å². The number of anilines is 1. The van der Waals surface area contributed by atoms with Crippen molar-refractivity contribution < 1.29 is 9.53 Å². The summed E-state index contributed by atoms with van der Waals surface area (Å²) >= 11 is 1.53. The minimum atomic E-state index is -0.453. The average Bonchev–Trinajstić information content (AvgIpc) is 2.98. The Morgan fingerprint density at radius 1 is 1.36 bits per heavy atom. The topological polar surface area (TPSA) is 89.6 Å². The van der Waals surface area contributed by atoms with Gasteiger partial charge in [0, 0.05) is 17.6 Å². The largest absolute Gasteiger partial charge is 0.379 e. The zero-order valence-corrected chi connectivity index (χ0v) is 14.6. The number of thioether (sulfide) groups is 1. The minimum absolute atomic E-state index is 0.232. The summed E-state index contributed by atoms with van der Waals surface area (Å²) in [5, 5.41) is 3.50. The van der Waals surface area contributed by atoms with Gasteiger partial charge in [-0.1, -0.05) is 23.9 Å². The second-order valence-corrected chi connectivity index (χ2v) is 7.31. The van der Waals surface area contributed by atoms with Crippen LogP contribution in [0.4, 0.5) is 5.69 Å². The summed E-state index contributed by atoms with van der Waals surface area (Å²) in [4.78, 5) is 21.2. The SMILES string of the molecule is Cc1ccc(C(=O)Nc2ccc3c(c2)C2(COC3)CSC(N)=N2)nc1. The molecule has 6 nitrogen and oxygen atoms in total. The Bertz CT molecular complexity index is 866. The number of rotatable bonds is 2. The highest BCUT2D eigenvalue weighted by Gasteiger charge is 2.41. The van der Waals surface area contributed by atoms with Gasteiger partial charge in [0.05, 0.1) is 13.2 Å². The molecule has 1 aromatic carbocycles. The number of benzene rings is 1. The van der Waals surface area contributed by atoms with Gasteiger partial charge in [0.25, 0.3) is 5.91 Å². The smallest absolute Gasteiger partial charge is 0.274 e. The third-order valence-corrected chi connectivity index (χ3v) is 5.40. The summed E-state index contributed by atoms with van der Waals surface area (Å²) < 4.78 is 5.71. The van der Waals surface area contributed by atoms with Crippen LogP contribution >= 0.6 is 11.8 Å². The third kappa shape index (κ3) is 3.01. The van der Waals surface area contributed by atoms with Gasteiger partial charge >= 0.3 is 0 Å². The van der Waals surface area contributed by atoms with Crippen LogP contribution in [-0.2, 0) is 16.9 Å². The van der Waals surface area contributed by atoms with Gasteiger partial charge in [-0.3, -0.25) is 9.78 Å². The van der Waals surface area contributed by atoms with Crippen molar-refractivity contribution in [2.45, 2.75) is 19.1 Å². The highest BCUT2D eigenvalue weighted by molar-refractivity contribution is 8.14. The lowest BCUT2D eigenvalue weighted by molar-refractivity contribution is 0.0634. The first-order chi connectivity index (χ1) is 12.1. The molecule has 3 N–H and O–H groups in total. The zero-order valence-electron chi connectivity index (χ0n) is 13.8. The number of aromatic nitrogens is 1. The monoisotopic (exact) mass is 354 g/mol. The first-order valence-electron chi connectivity index (χ1n) is 7.99. The fraction of sp³-hybridized carbons (Fsp3) is 0.278. The van der Waals surface area contributed by atoms with Gasteiger partial charge in [-0.05, 0) is 41.8 Å². The van der Waals surface area contributed by atoms with Crippen LogP contribution < -0.4 is 11.1 Å². The highest BCUT2D eigenvalue weighted by atomic mass is 32.2. The van der Waals surface area contributed by atoms with Crippen LogP contribution in [0.25, 0.3) is 0 Å². The van der Waals surface area contributed by atoms with Crippen molar-refractivity contribution >= 4 is 28.5 Å². The van der Waals surface area contributed by atoms with Gasteiger partial charge in [-0.15, -0.1) is 0 Å². The molecular weight excluding hydrogens is 336 g/mol. The Morgan fingerprint density at radius 2 is 2.24 bits per heavy atom. The number of nitrogens with two attached hydrogens (primary N) is 1. The van der Waals surface area contributed by atoms with Crippen LogP contribution in [-0.4, -0.2) is 28.4 Å². The summed E-state index contributed by atoms with van der Waals surface area (Å²) in [5.74, 6) is 0.521. The standard InChI is InChI=1S/C18H18N4O2S/c1-11-2-5-15(20-7-11)16(23)21-13-4-3-12-8-24-9-18(14(12)6-13)10-25-17(19)22-18/h2-7H,8-10H2,1H3,(H2,19,22)(H,21,23). The number of nitrogens with one attached hydrogen (secondary N) is 1. The van der Waals surface area contributed by atoms with E-state index < -0.39 is 5.54 Å². The quantitative estimate of drug-likeness (QED) is 0.864. The van der Waals surface area contributed by atoms with E-state index in [4.69, 9.17) is 10.5 Å². The number of aryl methyl sites for hydroxylation is 1. The van der Waals surface area contributed by atoms with E-state index >= 15 is 0 Å². The molecule has 128 valence electrons. The molecule has 4 rings (SSSR count). The minimum Gasteiger partial charge on any atom is -0.379 e. The molecule has 1 amide bonds. The van der Waals surface area contributed by atoms with E-state index in [1.54, 1.807) is 12.3 Å². The normalized spacial score (nSPS) is 21.7. The molecule has 2 aliphatic rings. The Labute approximate surface area is 149 Å². The Balaban J connectivity index is 1.63. The van der Waals surface area contributed by atoms with Crippen LogP contribution in [0.1, 0.15) is 27.2 Å². The lowest BCUT2D eigenvalue weighted by Gasteiger charge is -2.32. The maximum Gasteiger partial charge on any atom is 0.274 e. The van der Waals surface area contributed by atoms with E-state index in [9.17, 15) is 4.79 Å². The van der Waals surface area contributed by atoms with Crippen LogP contribution in [0.2, 0.25) is 0 Å². The zero-order chi connectivity index (χ0) is 17.4. The molecule has 0 bridgehead atoms. The van der Waals surface area contributed by atoms with E-state index in [2.05, 4.69) is 15.3 Å². The van der Waals surface area contributed by atoms with Gasteiger partial charge in [-0.25, -0.2) is 4.99 Å². The number of carbonyl (C=O) groups is 1. The first kappa shape index (κ1) is 16.1. The van der Waals surface area contributed by atoms with Crippen molar-refractivity contribution in [1.82, 2.24) is 4.98 Å². The fourth-order valence-corrected chi connectivity index (χ4v) is 4.03. The summed E-state index contributed by atoms with van der Waals surface area (Å²) in [7, 11) is 0. The fourth-order valence-electron chi connectivity index (χ4n) is 3.10. The molecule has 2 aromatic rings. The second-order valence-electron chi connectivity index (χ2n) is 6.31. The van der Waals surface area contributed by atoms with Gasteiger partial charge in [0.2, 0.25) is 0 Å². The van der Waals surface area contributed by atoms with Crippen molar-refractivity contribution in [1.29, 1.82) is 0 Å². The molecule has 3 heterocycles. The van der Waals surface area contributed by atoms with Gasteiger partial charge in [0.15, 0.2) is 5.17 Å². The maximum atomic E-state index is 12.4. The third-order valence-electron chi connectivity index (χ3n) is 4.39. The van der Waals surface area contributed by atoms with E-state index in [1.165, 1.54) is 11.8 Å². The first-order valence-corrected chi connectivity index (χ1v) is 8.98. The molecule has 1 unspecified atom stereocenters. The number of hydrogen-bond donors (Lipinski definition) is 2. The Kier molecular flexibility index (Phi) is 3.97. The molecule has 7 heteroatoms. The van der Waals surface area contributed by atoms with E-state index in [0.717, 1.165) is 28.1 Å². The number of carbonyl (C=O) groups excluding carboxylic acids is 1.